The summed E-state index contributed by atoms with van der Waals surface area (Å²) in [6.07, 6.45) is 0. The fourth-order valence-electron chi connectivity index (χ4n) is 1.75. The Balaban J connectivity index is 1.88. The van der Waals surface area contributed by atoms with E-state index in [1.807, 2.05) is 42.5 Å². The van der Waals surface area contributed by atoms with E-state index < -0.39 is 0 Å². The molecule has 0 fully saturated rings. The van der Waals surface area contributed by atoms with Crippen LogP contribution in [0.4, 0.5) is 5.69 Å². The third kappa shape index (κ3) is 5.32. The monoisotopic (exact) mass is 620 g/mol. The quantitative estimate of drug-likeness (QED) is 0.183. The average Bonchev–Trinajstić information content (AvgIpc) is 2.48. The third-order valence-corrected chi connectivity index (χ3v) is 6.41. The summed E-state index contributed by atoms with van der Waals surface area (Å²) in [5, 5.41) is 2.07. The van der Waals surface area contributed by atoms with Crippen LogP contribution in [0.3, 0.4) is 0 Å². The lowest BCUT2D eigenvalue weighted by molar-refractivity contribution is -0.573. The lowest BCUT2D eigenvalue weighted by Crippen LogP contribution is -2.79. The molecule has 0 atom stereocenters. The van der Waals surface area contributed by atoms with Gasteiger partial charge in [-0.05, 0) is 92.0 Å². The number of carbonyl (C=O) groups excluding carboxylic acids is 1. The van der Waals surface area contributed by atoms with Gasteiger partial charge in [-0.15, -0.1) is 0 Å². The highest BCUT2D eigenvalue weighted by Crippen LogP contribution is 2.23. The van der Waals surface area contributed by atoms with Gasteiger partial charge in [0.25, 0.3) is 0 Å². The van der Waals surface area contributed by atoms with Crippen LogP contribution in [0.25, 0.3) is 0 Å². The van der Waals surface area contributed by atoms with Gasteiger partial charge in [0.2, 0.25) is 0 Å². The maximum Gasteiger partial charge on any atom is 0.339 e. The predicted molar refractivity (Wildman–Crippen MR) is 108 cm³/mol. The largest absolute Gasteiger partial charge is 0.456 e. The van der Waals surface area contributed by atoms with Gasteiger partial charge in [-0.2, -0.15) is 0 Å². The summed E-state index contributed by atoms with van der Waals surface area (Å²) in [5.74, 6) is -0.253. The Morgan fingerprint density at radius 3 is 2.52 bits per heavy atom. The fourth-order valence-corrected chi connectivity index (χ4v) is 4.12. The normalized spacial score (nSPS) is 10.4. The average molecular weight is 620 g/mol. The zero-order valence-corrected chi connectivity index (χ0v) is 17.5. The van der Waals surface area contributed by atoms with E-state index in [1.54, 1.807) is 0 Å². The van der Waals surface area contributed by atoms with Crippen LogP contribution in [0.1, 0.15) is 10.4 Å². The van der Waals surface area contributed by atoms with E-state index in [9.17, 15) is 4.79 Å². The Hall–Kier alpha value is 0.0600. The Morgan fingerprint density at radius 1 is 1.10 bits per heavy atom. The van der Waals surface area contributed by atoms with Crippen LogP contribution in [-0.4, -0.2) is 19.1 Å². The maximum absolute atomic E-state index is 12.1. The highest BCUT2D eigenvalue weighted by molar-refractivity contribution is 14.1. The number of halogens is 3. The molecule has 0 aliphatic carbocycles. The van der Waals surface area contributed by atoms with Crippen LogP contribution < -0.4 is 5.32 Å². The molecule has 0 unspecified atom stereocenters. The molecule has 0 aromatic heterocycles. The van der Waals surface area contributed by atoms with E-state index >= 15 is 0 Å². The molecule has 0 bridgehead atoms. The number of benzene rings is 2. The lowest BCUT2D eigenvalue weighted by Gasteiger charge is -2.08. The number of nitrogens with two attached hydrogens (primary N) is 1. The number of hydrogen-bond donors (Lipinski definition) is 1. The minimum atomic E-state index is -0.253. The first-order valence-corrected chi connectivity index (χ1v) is 9.51. The summed E-state index contributed by atoms with van der Waals surface area (Å²) in [5.41, 5.74) is 1.79. The minimum absolute atomic E-state index is 0.253. The Kier molecular flexibility index (Phi) is 7.16. The van der Waals surface area contributed by atoms with Gasteiger partial charge < -0.3 is 10.1 Å². The van der Waals surface area contributed by atoms with E-state index in [4.69, 9.17) is 4.74 Å². The topological polar surface area (TPSA) is 42.9 Å². The van der Waals surface area contributed by atoms with Gasteiger partial charge in [0, 0.05) is 10.7 Å². The minimum Gasteiger partial charge on any atom is -0.456 e. The highest BCUT2D eigenvalue weighted by Gasteiger charge is 2.15. The second-order valence-corrected chi connectivity index (χ2v) is 7.78. The molecule has 2 aromatic carbocycles. The molecule has 0 spiro atoms. The van der Waals surface area contributed by atoms with Gasteiger partial charge in [-0.25, -0.2) is 4.79 Å². The van der Waals surface area contributed by atoms with Gasteiger partial charge in [-0.1, -0.05) is 18.2 Å². The highest BCUT2D eigenvalue weighted by atomic mass is 127. The van der Waals surface area contributed by atoms with Crippen LogP contribution >= 0.6 is 67.8 Å². The van der Waals surface area contributed by atoms with Gasteiger partial charge in [0.15, 0.2) is 0 Å². The SMILES string of the molecule is O=C(OCC[NH2+]c1ccccc1)c1cc(I)cc(I)c1I. The van der Waals surface area contributed by atoms with E-state index in [1.165, 1.54) is 0 Å². The lowest BCUT2D eigenvalue weighted by atomic mass is 10.2. The number of esters is 1. The summed E-state index contributed by atoms with van der Waals surface area (Å²) >= 11 is 6.63. The number of para-hydroxylation sites is 1. The molecule has 0 saturated carbocycles. The molecule has 6 heteroatoms. The Morgan fingerprint density at radius 2 is 1.81 bits per heavy atom. The molecule has 21 heavy (non-hydrogen) atoms. The molecule has 0 aliphatic heterocycles. The fraction of sp³-hybridized carbons (Fsp3) is 0.133. The standard InChI is InChI=1S/C15H12I3NO2/c16-10-8-12(14(18)13(17)9-10)15(20)21-7-6-19-11-4-2-1-3-5-11/h1-5,8-9,19H,6-7H2/p+1. The molecule has 0 amide bonds. The zero-order valence-electron chi connectivity index (χ0n) is 11.0. The van der Waals surface area contributed by atoms with E-state index in [0.29, 0.717) is 18.7 Å². The van der Waals surface area contributed by atoms with Crippen molar-refractivity contribution >= 4 is 79.4 Å². The Bertz CT molecular complexity index is 632. The molecule has 2 aromatic rings. The van der Waals surface area contributed by atoms with Gasteiger partial charge in [0.05, 0.1) is 5.56 Å². The van der Waals surface area contributed by atoms with Crippen molar-refractivity contribution in [2.24, 2.45) is 0 Å². The van der Waals surface area contributed by atoms with Crippen molar-refractivity contribution in [3.63, 3.8) is 0 Å². The summed E-state index contributed by atoms with van der Waals surface area (Å²) < 4.78 is 8.42. The molecule has 0 aliphatic rings. The van der Waals surface area contributed by atoms with E-state index in [2.05, 4.69) is 73.1 Å². The van der Waals surface area contributed by atoms with Crippen LogP contribution in [0, 0.1) is 10.7 Å². The number of rotatable bonds is 5. The second kappa shape index (κ2) is 8.63. The summed E-state index contributed by atoms with van der Waals surface area (Å²) in [6, 6.07) is 14.0. The van der Waals surface area contributed by atoms with Crippen molar-refractivity contribution in [3.8, 4) is 0 Å². The van der Waals surface area contributed by atoms with Gasteiger partial charge >= 0.3 is 5.97 Å². The van der Waals surface area contributed by atoms with Gasteiger partial charge in [0.1, 0.15) is 18.8 Å². The predicted octanol–water partition coefficient (Wildman–Crippen LogP) is 3.55. The first-order chi connectivity index (χ1) is 10.1. The Labute approximate surface area is 164 Å². The molecule has 110 valence electrons. The van der Waals surface area contributed by atoms with Crippen LogP contribution in [0.5, 0.6) is 0 Å². The van der Waals surface area contributed by atoms with Gasteiger partial charge in [-0.3, -0.25) is 0 Å². The summed E-state index contributed by atoms with van der Waals surface area (Å²) in [7, 11) is 0. The molecular formula is C15H13I3NO2+. The van der Waals surface area contributed by atoms with Crippen LogP contribution in [0.2, 0.25) is 0 Å². The molecule has 0 heterocycles. The maximum atomic E-state index is 12.1. The number of ether oxygens (including phenoxy) is 1. The molecule has 2 N–H and O–H groups in total. The van der Waals surface area contributed by atoms with Crippen LogP contribution in [-0.2, 0) is 4.74 Å². The molecule has 2 rings (SSSR count). The van der Waals surface area contributed by atoms with Crippen molar-refractivity contribution in [1.29, 1.82) is 0 Å². The van der Waals surface area contributed by atoms with Crippen molar-refractivity contribution in [2.75, 3.05) is 13.2 Å². The smallest absolute Gasteiger partial charge is 0.339 e. The first-order valence-electron chi connectivity index (χ1n) is 6.28. The van der Waals surface area contributed by atoms with Crippen LogP contribution in [0.15, 0.2) is 42.5 Å². The van der Waals surface area contributed by atoms with Crippen molar-refractivity contribution in [1.82, 2.24) is 0 Å². The number of hydrogen-bond acceptors (Lipinski definition) is 2. The second-order valence-electron chi connectivity index (χ2n) is 4.29. The zero-order chi connectivity index (χ0) is 15.2. The number of carbonyl (C=O) groups is 1. The molecule has 0 saturated heterocycles. The molecule has 0 radical (unpaired) electrons. The molecule has 3 nitrogen and oxygen atoms in total. The third-order valence-electron chi connectivity index (χ3n) is 2.74. The number of quaternary nitrogens is 1. The van der Waals surface area contributed by atoms with E-state index in [-0.39, 0.29) is 5.97 Å². The first kappa shape index (κ1) is 17.4. The summed E-state index contributed by atoms with van der Waals surface area (Å²) in [6.45, 7) is 1.11. The summed E-state index contributed by atoms with van der Waals surface area (Å²) in [4.78, 5) is 12.1. The van der Waals surface area contributed by atoms with Crippen molar-refractivity contribution in [2.45, 2.75) is 0 Å². The van der Waals surface area contributed by atoms with E-state index in [0.717, 1.165) is 16.4 Å². The molecular weight excluding hydrogens is 607 g/mol. The van der Waals surface area contributed by atoms with Crippen molar-refractivity contribution < 1.29 is 14.8 Å². The van der Waals surface area contributed by atoms with Crippen molar-refractivity contribution in [3.05, 3.63) is 58.7 Å².